The van der Waals surface area contributed by atoms with Gasteiger partial charge in [-0.2, -0.15) is 0 Å². The number of nitrogens with zero attached hydrogens (tertiary/aromatic N) is 3. The Morgan fingerprint density at radius 3 is 2.00 bits per heavy atom. The predicted molar refractivity (Wildman–Crippen MR) is 114 cm³/mol. The van der Waals surface area contributed by atoms with Crippen molar-refractivity contribution in [1.82, 2.24) is 4.90 Å². The maximum absolute atomic E-state index is 5.61. The molecule has 2 N–H and O–H groups in total. The molecule has 0 atom stereocenters. The minimum Gasteiger partial charge on any atom is -0.368 e. The highest BCUT2D eigenvalue weighted by Gasteiger charge is 2.15. The highest BCUT2D eigenvalue weighted by molar-refractivity contribution is 6.30. The molecule has 0 unspecified atom stereocenters. The standard InChI is InChI=1S/C8H16N4.C7H7Cl.C3H4.C2H6/c1-10-8(9)11-7-3-5-12(2)6-4-7;1-6-2-4-7(8)5-3-6;1-3-2;1-2/h7H,1,3-6H2,2H3,(H2,9,11);2-5H,1H3;1-2H2;1-2H3. The van der Waals surface area contributed by atoms with E-state index in [0.717, 1.165) is 31.0 Å². The Kier molecular flexibility index (Phi) is 17.2. The highest BCUT2D eigenvalue weighted by atomic mass is 35.5. The van der Waals surface area contributed by atoms with Crippen molar-refractivity contribution in [2.45, 2.75) is 39.7 Å². The van der Waals surface area contributed by atoms with Crippen molar-refractivity contribution >= 4 is 24.3 Å². The average molecular weight is 365 g/mol. The van der Waals surface area contributed by atoms with Crippen molar-refractivity contribution in [2.75, 3.05) is 20.1 Å². The Bertz CT molecular complexity index is 488. The molecule has 2 rings (SSSR count). The van der Waals surface area contributed by atoms with Gasteiger partial charge in [0.05, 0.1) is 6.04 Å². The van der Waals surface area contributed by atoms with E-state index in [9.17, 15) is 0 Å². The van der Waals surface area contributed by atoms with Gasteiger partial charge in [0, 0.05) is 5.02 Å². The summed E-state index contributed by atoms with van der Waals surface area (Å²) < 4.78 is 0. The summed E-state index contributed by atoms with van der Waals surface area (Å²) in [5.41, 5.74) is 8.94. The van der Waals surface area contributed by atoms with Gasteiger partial charge in [0.2, 0.25) is 5.96 Å². The van der Waals surface area contributed by atoms with E-state index in [-0.39, 0.29) is 0 Å². The fourth-order valence-electron chi connectivity index (χ4n) is 1.89. The van der Waals surface area contributed by atoms with Gasteiger partial charge in [-0.25, -0.2) is 9.98 Å². The summed E-state index contributed by atoms with van der Waals surface area (Å²) in [5.74, 6) is 0.324. The van der Waals surface area contributed by atoms with E-state index in [4.69, 9.17) is 17.3 Å². The maximum atomic E-state index is 5.61. The second kappa shape index (κ2) is 17.0. The van der Waals surface area contributed by atoms with Crippen LogP contribution in [0.2, 0.25) is 5.02 Å². The van der Waals surface area contributed by atoms with Crippen LogP contribution in [0.25, 0.3) is 0 Å². The molecule has 0 saturated carbocycles. The molecule has 1 aliphatic heterocycles. The van der Waals surface area contributed by atoms with E-state index in [0.29, 0.717) is 12.0 Å². The first kappa shape index (κ1) is 25.4. The van der Waals surface area contributed by atoms with Crippen LogP contribution in [0.3, 0.4) is 0 Å². The first-order chi connectivity index (χ1) is 11.9. The van der Waals surface area contributed by atoms with E-state index in [2.05, 4.69) is 47.5 Å². The molecule has 1 fully saturated rings. The largest absolute Gasteiger partial charge is 0.368 e. The van der Waals surface area contributed by atoms with Crippen LogP contribution in [0.5, 0.6) is 0 Å². The molecular formula is C20H33ClN4. The first-order valence-corrected chi connectivity index (χ1v) is 8.80. The van der Waals surface area contributed by atoms with Crippen LogP contribution in [0.4, 0.5) is 0 Å². The Labute approximate surface area is 158 Å². The number of benzene rings is 1. The van der Waals surface area contributed by atoms with E-state index in [1.54, 1.807) is 0 Å². The molecule has 1 aromatic rings. The molecule has 1 saturated heterocycles. The van der Waals surface area contributed by atoms with Crippen LogP contribution in [-0.4, -0.2) is 43.8 Å². The van der Waals surface area contributed by atoms with Gasteiger partial charge < -0.3 is 10.6 Å². The second-order valence-corrected chi connectivity index (χ2v) is 5.66. The van der Waals surface area contributed by atoms with E-state index < -0.39 is 0 Å². The topological polar surface area (TPSA) is 54.0 Å². The van der Waals surface area contributed by atoms with E-state index >= 15 is 0 Å². The lowest BCUT2D eigenvalue weighted by atomic mass is 10.1. The fourth-order valence-corrected chi connectivity index (χ4v) is 2.01. The number of halogens is 1. The summed E-state index contributed by atoms with van der Waals surface area (Å²) in [6.45, 7) is 17.8. The van der Waals surface area contributed by atoms with Crippen molar-refractivity contribution < 1.29 is 0 Å². The van der Waals surface area contributed by atoms with E-state index in [1.807, 2.05) is 45.0 Å². The fraction of sp³-hybridized carbons (Fsp3) is 0.450. The third kappa shape index (κ3) is 15.4. The van der Waals surface area contributed by atoms with Gasteiger partial charge in [0.25, 0.3) is 0 Å². The molecule has 0 amide bonds. The Morgan fingerprint density at radius 1 is 1.20 bits per heavy atom. The highest BCUT2D eigenvalue weighted by Crippen LogP contribution is 2.11. The van der Waals surface area contributed by atoms with Gasteiger partial charge in [-0.05, 0) is 58.8 Å². The number of aryl methyl sites for hydroxylation is 1. The first-order valence-electron chi connectivity index (χ1n) is 8.42. The molecule has 1 aliphatic rings. The van der Waals surface area contributed by atoms with Crippen LogP contribution >= 0.6 is 11.6 Å². The molecule has 1 aromatic carbocycles. The molecule has 0 bridgehead atoms. The summed E-state index contributed by atoms with van der Waals surface area (Å²) in [5, 5.41) is 0.801. The van der Waals surface area contributed by atoms with Gasteiger partial charge >= 0.3 is 0 Å². The zero-order chi connectivity index (χ0) is 19.7. The van der Waals surface area contributed by atoms with Gasteiger partial charge in [-0.3, -0.25) is 0 Å². The molecule has 0 aromatic heterocycles. The SMILES string of the molecule is C=C=C.C=NC(N)=NC1CCN(C)CC1.CC.Cc1ccc(Cl)cc1. The summed E-state index contributed by atoms with van der Waals surface area (Å²) in [7, 11) is 2.12. The normalized spacial score (nSPS) is 14.4. The summed E-state index contributed by atoms with van der Waals surface area (Å²) in [6, 6.07) is 8.10. The number of hydrogen-bond donors (Lipinski definition) is 1. The number of hydrogen-bond acceptors (Lipinski definition) is 2. The number of nitrogens with two attached hydrogens (primary N) is 1. The predicted octanol–water partition coefficient (Wildman–Crippen LogP) is 4.73. The number of guanidine groups is 1. The van der Waals surface area contributed by atoms with Gasteiger partial charge in [-0.1, -0.05) is 56.3 Å². The third-order valence-electron chi connectivity index (χ3n) is 3.18. The average Bonchev–Trinajstić information content (AvgIpc) is 2.62. The maximum Gasteiger partial charge on any atom is 0.214 e. The monoisotopic (exact) mass is 364 g/mol. The Hall–Kier alpha value is -1.87. The van der Waals surface area contributed by atoms with Crippen molar-refractivity contribution in [2.24, 2.45) is 15.7 Å². The van der Waals surface area contributed by atoms with Crippen LogP contribution in [-0.2, 0) is 0 Å². The number of piperidine rings is 1. The number of rotatable bonds is 1. The summed E-state index contributed by atoms with van der Waals surface area (Å²) in [4.78, 5) is 10.1. The Morgan fingerprint density at radius 2 is 1.64 bits per heavy atom. The molecule has 25 heavy (non-hydrogen) atoms. The van der Waals surface area contributed by atoms with Crippen molar-refractivity contribution in [3.63, 3.8) is 0 Å². The lowest BCUT2D eigenvalue weighted by Gasteiger charge is -2.26. The van der Waals surface area contributed by atoms with Crippen LogP contribution in [0.15, 0.2) is 53.1 Å². The van der Waals surface area contributed by atoms with Gasteiger partial charge in [0.1, 0.15) is 0 Å². The Balaban J connectivity index is 0. The molecule has 140 valence electrons. The quantitative estimate of drug-likeness (QED) is 0.445. The van der Waals surface area contributed by atoms with Crippen LogP contribution in [0.1, 0.15) is 32.3 Å². The lowest BCUT2D eigenvalue weighted by Crippen LogP contribution is -2.32. The zero-order valence-corrected chi connectivity index (χ0v) is 16.9. The third-order valence-corrected chi connectivity index (χ3v) is 3.43. The molecule has 0 radical (unpaired) electrons. The van der Waals surface area contributed by atoms with Crippen molar-refractivity contribution in [3.05, 3.63) is 53.7 Å². The summed E-state index contributed by atoms with van der Waals surface area (Å²) in [6.07, 6.45) is 2.15. The number of likely N-dealkylation sites (tertiary alicyclic amines) is 1. The molecule has 0 spiro atoms. The molecule has 0 aliphatic carbocycles. The molecular weight excluding hydrogens is 332 g/mol. The van der Waals surface area contributed by atoms with Crippen molar-refractivity contribution in [1.29, 1.82) is 0 Å². The molecule has 1 heterocycles. The van der Waals surface area contributed by atoms with Gasteiger partial charge in [-0.15, -0.1) is 5.73 Å². The minimum atomic E-state index is 0.324. The van der Waals surface area contributed by atoms with Crippen LogP contribution < -0.4 is 5.73 Å². The molecule has 5 heteroatoms. The minimum absolute atomic E-state index is 0.324. The second-order valence-electron chi connectivity index (χ2n) is 5.23. The number of aliphatic imine (C=N–C) groups is 2. The van der Waals surface area contributed by atoms with Crippen LogP contribution in [0, 0.1) is 6.92 Å². The zero-order valence-electron chi connectivity index (χ0n) is 16.1. The summed E-state index contributed by atoms with van der Waals surface area (Å²) >= 11 is 5.61. The van der Waals surface area contributed by atoms with Crippen molar-refractivity contribution in [3.8, 4) is 0 Å². The van der Waals surface area contributed by atoms with Gasteiger partial charge in [0.15, 0.2) is 0 Å². The van der Waals surface area contributed by atoms with E-state index in [1.165, 1.54) is 5.56 Å². The smallest absolute Gasteiger partial charge is 0.214 e. The lowest BCUT2D eigenvalue weighted by molar-refractivity contribution is 0.257. The molecule has 4 nitrogen and oxygen atoms in total.